The highest BCUT2D eigenvalue weighted by molar-refractivity contribution is 6.19. The molecule has 664 valence electrons. The van der Waals surface area contributed by atoms with Gasteiger partial charge in [-0.05, 0) is 243 Å². The van der Waals surface area contributed by atoms with Gasteiger partial charge in [-0.1, -0.05) is 216 Å². The molecule has 0 atom stereocenters. The van der Waals surface area contributed by atoms with Gasteiger partial charge < -0.3 is 22.1 Å². The van der Waals surface area contributed by atoms with Crippen LogP contribution in [0.5, 0.6) is 0 Å². The Morgan fingerprint density at radius 2 is 0.537 bits per heavy atom. The molecular formula is C126H110N5O5+5. The normalized spacial score (nSPS) is 12.4. The van der Waals surface area contributed by atoms with Crippen molar-refractivity contribution in [2.45, 2.75) is 106 Å². The molecule has 26 rings (SSSR count). The quantitative estimate of drug-likeness (QED) is 0.142. The number of nitrogens with zero attached hydrogens (tertiary/aromatic N) is 5. The molecule has 0 spiro atoms. The minimum atomic E-state index is 0.487. The van der Waals surface area contributed by atoms with Gasteiger partial charge in [0.15, 0.2) is 31.0 Å². The van der Waals surface area contributed by atoms with E-state index < -0.39 is 0 Å². The molecule has 10 heteroatoms. The highest BCUT2D eigenvalue weighted by Crippen LogP contribution is 2.47. The summed E-state index contributed by atoms with van der Waals surface area (Å²) in [6, 6.07) is 111. The maximum Gasteiger partial charge on any atom is 0.216 e. The van der Waals surface area contributed by atoms with Crippen LogP contribution in [-0.2, 0) is 41.7 Å². The Morgan fingerprint density at radius 1 is 0.257 bits per heavy atom. The van der Waals surface area contributed by atoms with Crippen LogP contribution in [0.2, 0.25) is 0 Å². The topological polar surface area (TPSA) is 85.1 Å². The average molecular weight is 1770 g/mol. The van der Waals surface area contributed by atoms with Gasteiger partial charge in [-0.15, -0.1) is 0 Å². The van der Waals surface area contributed by atoms with Crippen molar-refractivity contribution in [2.75, 3.05) is 0 Å². The molecule has 1 saturated carbocycles. The monoisotopic (exact) mass is 1770 g/mol. The Morgan fingerprint density at radius 3 is 0.868 bits per heavy atom. The van der Waals surface area contributed by atoms with E-state index in [4.69, 9.17) is 22.1 Å². The van der Waals surface area contributed by atoms with Crippen molar-refractivity contribution in [2.24, 2.45) is 35.2 Å². The molecule has 0 bridgehead atoms. The fraction of sp³-hybridized carbons (Fsp3) is 0.167. The Balaban J connectivity index is 0.0000000986. The standard InChI is InChI=1S/C28H26NO.C26H24NO.C25H22NO.C24H20NO.C23H18NO/c1-18-11-12-23-24-15-20-9-5-6-10-21(20)17-26(24)30-28(23)27(18)25-16-22(13-14-29(25)2)19-7-3-4-8-19;1-16(2)18-11-12-27(4)23(14-18)25-17(3)9-10-21-22-13-19-7-5-6-8-20(19)15-24(22)28-26(21)25;1-4-17-11-12-26(3)22(13-17)24-16(2)9-10-20-21-14-18-7-5-6-8-19(18)15-23(21)27-25(20)24;1-15-10-11-25(3)21(12-15)23-16(2)8-9-19-20-13-17-6-4-5-7-18(17)14-22(20)26-24(19)23;1-15-10-11-18-19-13-16-7-3-4-8-17(16)14-21(19)25-23(18)22(15)20-9-5-6-12-24(20)2/h5-6,9-17,19H,3-4,7-8H2,1-2H3;5-16H,1-4H3;5-15H,4H2,1-3H3;4-14H,1-3H3;3-14H,1-2H3/q5*+1. The molecule has 0 unspecified atom stereocenters. The molecule has 1 aliphatic rings. The summed E-state index contributed by atoms with van der Waals surface area (Å²) in [7, 11) is 10.5. The van der Waals surface area contributed by atoms with Crippen molar-refractivity contribution in [1.82, 2.24) is 0 Å². The molecule has 0 N–H and O–H groups in total. The molecule has 10 aromatic heterocycles. The third-order valence-corrected chi connectivity index (χ3v) is 28.7. The summed E-state index contributed by atoms with van der Waals surface area (Å²) < 4.78 is 43.1. The van der Waals surface area contributed by atoms with Crippen LogP contribution >= 0.6 is 0 Å². The first-order valence-corrected chi connectivity index (χ1v) is 47.8. The largest absolute Gasteiger partial charge is 0.455 e. The lowest BCUT2D eigenvalue weighted by molar-refractivity contribution is -0.660. The first kappa shape index (κ1) is 85.8. The first-order chi connectivity index (χ1) is 66.2. The maximum absolute atomic E-state index is 6.53. The summed E-state index contributed by atoms with van der Waals surface area (Å²) in [6.07, 6.45) is 17.1. The predicted octanol–water partition coefficient (Wildman–Crippen LogP) is 31.3. The van der Waals surface area contributed by atoms with Crippen molar-refractivity contribution < 1.29 is 44.9 Å². The van der Waals surface area contributed by atoms with E-state index in [9.17, 15) is 0 Å². The number of pyridine rings is 5. The van der Waals surface area contributed by atoms with E-state index >= 15 is 0 Å². The zero-order chi connectivity index (χ0) is 93.0. The number of hydrogen-bond donors (Lipinski definition) is 0. The molecule has 0 radical (unpaired) electrons. The Bertz CT molecular complexity index is 9120. The summed E-state index contributed by atoms with van der Waals surface area (Å²) in [5.41, 5.74) is 33.1. The van der Waals surface area contributed by atoms with Crippen LogP contribution in [0.3, 0.4) is 0 Å². The van der Waals surface area contributed by atoms with E-state index in [-0.39, 0.29) is 0 Å². The zero-order valence-corrected chi connectivity index (χ0v) is 79.8. The van der Waals surface area contributed by atoms with Crippen LogP contribution in [0.25, 0.3) is 220 Å². The summed E-state index contributed by atoms with van der Waals surface area (Å²) >= 11 is 0. The second kappa shape index (κ2) is 35.1. The predicted molar refractivity (Wildman–Crippen MR) is 562 cm³/mol. The molecule has 15 aromatic carbocycles. The van der Waals surface area contributed by atoms with Gasteiger partial charge in [0, 0.05) is 115 Å². The van der Waals surface area contributed by atoms with E-state index in [0.29, 0.717) is 11.8 Å². The Labute approximate surface area is 791 Å². The Hall–Kier alpha value is -15.7. The first-order valence-electron chi connectivity index (χ1n) is 47.8. The molecule has 1 aliphatic carbocycles. The third kappa shape index (κ3) is 15.5. The number of fused-ring (bicyclic) bond motifs is 20. The van der Waals surface area contributed by atoms with Crippen molar-refractivity contribution in [3.05, 3.63) is 390 Å². The lowest BCUT2D eigenvalue weighted by Gasteiger charge is -2.11. The van der Waals surface area contributed by atoms with Gasteiger partial charge in [-0.3, -0.25) is 0 Å². The Kier molecular flexibility index (Phi) is 22.1. The van der Waals surface area contributed by atoms with Gasteiger partial charge in [0.05, 0.1) is 27.8 Å². The highest BCUT2D eigenvalue weighted by atomic mass is 16.3. The van der Waals surface area contributed by atoms with Crippen LogP contribution in [0.15, 0.2) is 362 Å². The van der Waals surface area contributed by atoms with E-state index in [2.05, 4.69) is 455 Å². The van der Waals surface area contributed by atoms with Crippen molar-refractivity contribution >= 4 is 164 Å². The van der Waals surface area contributed by atoms with E-state index in [1.165, 1.54) is 234 Å². The molecule has 136 heavy (non-hydrogen) atoms. The van der Waals surface area contributed by atoms with Crippen LogP contribution in [-0.4, -0.2) is 0 Å². The fourth-order valence-electron chi connectivity index (χ4n) is 21.0. The smallest absolute Gasteiger partial charge is 0.216 e. The molecule has 10 heterocycles. The summed E-state index contributed by atoms with van der Waals surface area (Å²) in [4.78, 5) is 0. The van der Waals surface area contributed by atoms with Crippen molar-refractivity contribution in [1.29, 1.82) is 0 Å². The van der Waals surface area contributed by atoms with Crippen molar-refractivity contribution in [3.8, 4) is 56.3 Å². The summed E-state index contributed by atoms with van der Waals surface area (Å²) in [6.45, 7) is 19.6. The fourth-order valence-corrected chi connectivity index (χ4v) is 21.0. The number of aromatic nitrogens is 5. The molecule has 0 aliphatic heterocycles. The second-order valence-electron chi connectivity index (χ2n) is 38.0. The maximum atomic E-state index is 6.53. The minimum absolute atomic E-state index is 0.487. The lowest BCUT2D eigenvalue weighted by Crippen LogP contribution is -2.31. The van der Waals surface area contributed by atoms with E-state index in [0.717, 1.165) is 67.9 Å². The van der Waals surface area contributed by atoms with Crippen molar-refractivity contribution in [3.63, 3.8) is 0 Å². The van der Waals surface area contributed by atoms with Gasteiger partial charge >= 0.3 is 0 Å². The van der Waals surface area contributed by atoms with E-state index in [1.54, 1.807) is 0 Å². The van der Waals surface area contributed by atoms with Crippen LogP contribution in [0.1, 0.15) is 108 Å². The number of benzene rings is 15. The summed E-state index contributed by atoms with van der Waals surface area (Å²) in [5.74, 6) is 1.19. The molecular weight excluding hydrogens is 1660 g/mol. The molecule has 0 saturated heterocycles. The third-order valence-electron chi connectivity index (χ3n) is 28.7. The van der Waals surface area contributed by atoms with Gasteiger partial charge in [-0.25, -0.2) is 22.8 Å². The molecule has 0 amide bonds. The number of furan rings is 5. The number of aryl methyl sites for hydroxylation is 12. The number of rotatable bonds is 8. The second-order valence-corrected chi connectivity index (χ2v) is 38.0. The highest BCUT2D eigenvalue weighted by Gasteiger charge is 2.30. The SMILES string of the molecule is CCc1cc[n+](C)c(-c2c(C)ccc3c2oc2cc4ccccc4cc23)c1.Cc1cc[n+](C)c(-c2c(C)ccc3c2oc2cc4ccccc4cc23)c1.Cc1ccc2c(oc3cc4ccccc4cc32)c1-c1cc(C(C)C)cc[n+]1C.Cc1ccc2c(oc3cc4ccccc4cc32)c1-c1cc(C2CCCC2)cc[n+]1C.Cc1ccc2c(oc3cc4ccccc4cc32)c1-c1cccc[n+]1C. The number of hydrogen-bond acceptors (Lipinski definition) is 5. The van der Waals surface area contributed by atoms with Gasteiger partial charge in [0.1, 0.15) is 91.1 Å². The zero-order valence-electron chi connectivity index (χ0n) is 79.8. The summed E-state index contributed by atoms with van der Waals surface area (Å²) in [5, 5.41) is 24.1. The lowest BCUT2D eigenvalue weighted by atomic mass is 9.94. The van der Waals surface area contributed by atoms with Crippen LogP contribution in [0, 0.1) is 41.5 Å². The molecule has 25 aromatic rings. The van der Waals surface area contributed by atoms with Gasteiger partial charge in [-0.2, -0.15) is 0 Å². The van der Waals surface area contributed by atoms with Gasteiger partial charge in [0.25, 0.3) is 0 Å². The molecule has 10 nitrogen and oxygen atoms in total. The van der Waals surface area contributed by atoms with Crippen LogP contribution in [0.4, 0.5) is 0 Å². The van der Waals surface area contributed by atoms with Gasteiger partial charge in [0.2, 0.25) is 28.5 Å². The van der Waals surface area contributed by atoms with E-state index in [1.807, 2.05) is 6.07 Å². The van der Waals surface area contributed by atoms with Crippen LogP contribution < -0.4 is 22.8 Å². The molecule has 1 fully saturated rings. The minimum Gasteiger partial charge on any atom is -0.455 e. The average Bonchev–Trinajstić information content (AvgIpc) is 1.60.